The van der Waals surface area contributed by atoms with Crippen molar-refractivity contribution in [3.05, 3.63) is 35.8 Å². The average molecular weight is 327 g/mol. The third-order valence-corrected chi connectivity index (χ3v) is 4.85. The summed E-state index contributed by atoms with van der Waals surface area (Å²) >= 11 is 0. The van der Waals surface area contributed by atoms with E-state index >= 15 is 0 Å². The normalized spacial score (nSPS) is 17.8. The molecular weight excluding hydrogens is 306 g/mol. The smallest absolute Gasteiger partial charge is 0.226 e. The molecule has 3 heterocycles. The Balaban J connectivity index is 1.44. The first-order chi connectivity index (χ1) is 11.8. The Kier molecular flexibility index (Phi) is 4.15. The molecule has 1 amide bonds. The molecule has 1 fully saturated rings. The molecular formula is C17H21N5O2. The third-order valence-electron chi connectivity index (χ3n) is 4.85. The molecule has 7 nitrogen and oxygen atoms in total. The van der Waals surface area contributed by atoms with Crippen molar-refractivity contribution in [2.24, 2.45) is 5.92 Å². The van der Waals surface area contributed by atoms with Crippen molar-refractivity contribution in [2.75, 3.05) is 6.54 Å². The Labute approximate surface area is 140 Å². The topological polar surface area (TPSA) is 73.1 Å². The van der Waals surface area contributed by atoms with Gasteiger partial charge < -0.3 is 9.64 Å². The predicted molar refractivity (Wildman–Crippen MR) is 86.0 cm³/mol. The Morgan fingerprint density at radius 3 is 2.92 bits per heavy atom. The summed E-state index contributed by atoms with van der Waals surface area (Å²) < 4.78 is 7.57. The Morgan fingerprint density at radius 1 is 1.25 bits per heavy atom. The van der Waals surface area contributed by atoms with E-state index in [1.54, 1.807) is 6.20 Å². The number of nitrogens with zero attached hydrogens (tertiary/aromatic N) is 5. The van der Waals surface area contributed by atoms with E-state index in [4.69, 9.17) is 4.74 Å². The van der Waals surface area contributed by atoms with Crippen molar-refractivity contribution in [3.8, 4) is 5.88 Å². The van der Waals surface area contributed by atoms with E-state index in [2.05, 4.69) is 15.3 Å². The number of pyridine rings is 1. The lowest BCUT2D eigenvalue weighted by Gasteiger charge is -2.29. The highest BCUT2D eigenvalue weighted by Gasteiger charge is 2.31. The number of hydrogen-bond acceptors (Lipinski definition) is 5. The van der Waals surface area contributed by atoms with E-state index in [1.165, 1.54) is 12.8 Å². The van der Waals surface area contributed by atoms with Crippen molar-refractivity contribution < 1.29 is 9.53 Å². The van der Waals surface area contributed by atoms with Crippen molar-refractivity contribution in [3.63, 3.8) is 0 Å². The number of amides is 1. The van der Waals surface area contributed by atoms with Crippen LogP contribution in [0.5, 0.6) is 5.88 Å². The van der Waals surface area contributed by atoms with E-state index in [0.717, 1.165) is 24.2 Å². The molecule has 4 rings (SSSR count). The lowest BCUT2D eigenvalue weighted by atomic mass is 10.1. The minimum atomic E-state index is 0.209. The van der Waals surface area contributed by atoms with Gasteiger partial charge in [-0.2, -0.15) is 0 Å². The number of hydrogen-bond donors (Lipinski definition) is 0. The summed E-state index contributed by atoms with van der Waals surface area (Å²) in [6, 6.07) is 5.54. The van der Waals surface area contributed by atoms with Gasteiger partial charge in [0, 0.05) is 24.7 Å². The molecule has 24 heavy (non-hydrogen) atoms. The molecule has 0 aromatic carbocycles. The summed E-state index contributed by atoms with van der Waals surface area (Å²) in [4.78, 5) is 18.8. The predicted octanol–water partition coefficient (Wildman–Crippen LogP) is 1.78. The van der Waals surface area contributed by atoms with Gasteiger partial charge in [0.05, 0.1) is 18.8 Å². The summed E-state index contributed by atoms with van der Waals surface area (Å²) in [7, 11) is 0. The highest BCUT2D eigenvalue weighted by Crippen LogP contribution is 2.28. The fraction of sp³-hybridized carbons (Fsp3) is 0.529. The van der Waals surface area contributed by atoms with Crippen molar-refractivity contribution in [1.82, 2.24) is 24.9 Å². The van der Waals surface area contributed by atoms with Gasteiger partial charge in [0.15, 0.2) is 0 Å². The lowest BCUT2D eigenvalue weighted by molar-refractivity contribution is -0.136. The molecule has 2 aromatic rings. The minimum Gasteiger partial charge on any atom is -0.471 e. The molecule has 0 spiro atoms. The molecule has 2 aliphatic rings. The van der Waals surface area contributed by atoms with Crippen LogP contribution in [0.3, 0.4) is 0 Å². The molecule has 0 N–H and O–H groups in total. The fourth-order valence-electron chi connectivity index (χ4n) is 3.50. The second-order valence-electron chi connectivity index (χ2n) is 6.40. The van der Waals surface area contributed by atoms with Crippen molar-refractivity contribution in [2.45, 2.75) is 45.4 Å². The molecule has 1 aliphatic carbocycles. The van der Waals surface area contributed by atoms with Gasteiger partial charge in [0.2, 0.25) is 11.8 Å². The van der Waals surface area contributed by atoms with Gasteiger partial charge >= 0.3 is 0 Å². The molecule has 0 radical (unpaired) electrons. The van der Waals surface area contributed by atoms with E-state index < -0.39 is 0 Å². The van der Waals surface area contributed by atoms with Crippen LogP contribution in [0.25, 0.3) is 0 Å². The van der Waals surface area contributed by atoms with Gasteiger partial charge in [-0.3, -0.25) is 4.79 Å². The Morgan fingerprint density at radius 2 is 2.12 bits per heavy atom. The molecule has 7 heteroatoms. The van der Waals surface area contributed by atoms with E-state index in [-0.39, 0.29) is 11.8 Å². The van der Waals surface area contributed by atoms with Gasteiger partial charge in [0.25, 0.3) is 0 Å². The maximum absolute atomic E-state index is 12.7. The van der Waals surface area contributed by atoms with Crippen LogP contribution >= 0.6 is 0 Å². The summed E-state index contributed by atoms with van der Waals surface area (Å²) in [5.41, 5.74) is 1.76. The molecule has 0 bridgehead atoms. The summed E-state index contributed by atoms with van der Waals surface area (Å²) in [6.45, 7) is 2.30. The van der Waals surface area contributed by atoms with Gasteiger partial charge in [-0.05, 0) is 18.9 Å². The maximum atomic E-state index is 12.7. The van der Waals surface area contributed by atoms with Crippen LogP contribution in [-0.4, -0.2) is 37.3 Å². The lowest BCUT2D eigenvalue weighted by Crippen LogP contribution is -2.41. The average Bonchev–Trinajstić information content (AvgIpc) is 3.30. The summed E-state index contributed by atoms with van der Waals surface area (Å²) in [6.07, 6.45) is 6.10. The molecule has 1 saturated carbocycles. The largest absolute Gasteiger partial charge is 0.471 e. The van der Waals surface area contributed by atoms with Crippen LogP contribution in [0.2, 0.25) is 0 Å². The number of ether oxygens (including phenoxy) is 1. The first-order valence-electron chi connectivity index (χ1n) is 8.55. The number of carbonyl (C=O) groups is 1. The first-order valence-corrected chi connectivity index (χ1v) is 8.55. The van der Waals surface area contributed by atoms with Crippen molar-refractivity contribution in [1.29, 1.82) is 0 Å². The molecule has 1 aliphatic heterocycles. The molecule has 2 aromatic heterocycles. The third kappa shape index (κ3) is 2.98. The number of aromatic nitrogens is 4. The van der Waals surface area contributed by atoms with Crippen molar-refractivity contribution >= 4 is 5.91 Å². The second kappa shape index (κ2) is 6.59. The molecule has 126 valence electrons. The fourth-order valence-corrected chi connectivity index (χ4v) is 3.50. The van der Waals surface area contributed by atoms with Gasteiger partial charge in [-0.1, -0.05) is 24.1 Å². The van der Waals surface area contributed by atoms with Gasteiger partial charge in [-0.25, -0.2) is 9.67 Å². The van der Waals surface area contributed by atoms with E-state index in [0.29, 0.717) is 32.1 Å². The minimum absolute atomic E-state index is 0.209. The number of fused-ring (bicyclic) bond motifs is 1. The number of rotatable bonds is 4. The van der Waals surface area contributed by atoms with Crippen LogP contribution in [0.4, 0.5) is 0 Å². The van der Waals surface area contributed by atoms with Crippen LogP contribution in [0.1, 0.15) is 37.1 Å². The zero-order chi connectivity index (χ0) is 16.4. The van der Waals surface area contributed by atoms with Crippen LogP contribution in [-0.2, 0) is 24.5 Å². The Bertz CT molecular complexity index is 709. The first kappa shape index (κ1) is 15.1. The van der Waals surface area contributed by atoms with E-state index in [9.17, 15) is 4.79 Å². The zero-order valence-electron chi connectivity index (χ0n) is 13.6. The SMILES string of the molecule is O=C(C1CCCC1)N1CCn2nnc(COc3ccccn3)c2C1. The highest BCUT2D eigenvalue weighted by molar-refractivity contribution is 5.79. The standard InChI is InChI=1S/C17H21N5O2/c23-17(13-5-1-2-6-13)21-9-10-22-15(11-21)14(19-20-22)12-24-16-7-3-4-8-18-16/h3-4,7-8,13H,1-2,5-6,9-12H2. The summed E-state index contributed by atoms with van der Waals surface area (Å²) in [5.74, 6) is 1.06. The quantitative estimate of drug-likeness (QED) is 0.856. The summed E-state index contributed by atoms with van der Waals surface area (Å²) in [5, 5.41) is 8.41. The van der Waals surface area contributed by atoms with Gasteiger partial charge in [-0.15, -0.1) is 5.10 Å². The Hall–Kier alpha value is -2.44. The van der Waals surface area contributed by atoms with Crippen LogP contribution < -0.4 is 4.74 Å². The number of carbonyl (C=O) groups excluding carboxylic acids is 1. The molecule has 0 unspecified atom stereocenters. The highest BCUT2D eigenvalue weighted by atomic mass is 16.5. The van der Waals surface area contributed by atoms with Crippen LogP contribution in [0, 0.1) is 5.92 Å². The maximum Gasteiger partial charge on any atom is 0.226 e. The molecule has 0 atom stereocenters. The van der Waals surface area contributed by atoms with Crippen LogP contribution in [0.15, 0.2) is 24.4 Å². The van der Waals surface area contributed by atoms with Gasteiger partial charge in [0.1, 0.15) is 12.3 Å². The van der Waals surface area contributed by atoms with E-state index in [1.807, 2.05) is 27.8 Å². The zero-order valence-corrected chi connectivity index (χ0v) is 13.6. The monoisotopic (exact) mass is 327 g/mol. The second-order valence-corrected chi connectivity index (χ2v) is 6.40. The molecule has 0 saturated heterocycles.